The topological polar surface area (TPSA) is 80.5 Å². The van der Waals surface area contributed by atoms with Gasteiger partial charge in [-0.15, -0.1) is 11.3 Å². The third-order valence-corrected chi connectivity index (χ3v) is 6.64. The Kier molecular flexibility index (Phi) is 6.30. The highest BCUT2D eigenvalue weighted by molar-refractivity contribution is 7.09. The molecule has 2 aromatic heterocycles. The molecule has 0 radical (unpaired) electrons. The van der Waals surface area contributed by atoms with Crippen LogP contribution in [0.3, 0.4) is 0 Å². The molecule has 1 unspecified atom stereocenters. The number of hydrogen-bond acceptors (Lipinski definition) is 7. The lowest BCUT2D eigenvalue weighted by molar-refractivity contribution is 0.0589. The summed E-state index contributed by atoms with van der Waals surface area (Å²) >= 11 is 1.66. The number of likely N-dealkylation sites (tertiary alicyclic amines) is 1. The molecule has 2 aromatic carbocycles. The fourth-order valence-electron chi connectivity index (χ4n) is 4.19. The highest BCUT2D eigenvalue weighted by atomic mass is 32.1. The highest BCUT2D eigenvalue weighted by Gasteiger charge is 2.40. The SMILES string of the molecule is CONC1C[C@@H](c2nc(Cc3cccs3)no2)N(C(=O)c2ccc(-c3ccccc3)cc2)C1. The highest BCUT2D eigenvalue weighted by Crippen LogP contribution is 2.33. The van der Waals surface area contributed by atoms with Crippen LogP contribution >= 0.6 is 11.3 Å². The van der Waals surface area contributed by atoms with Crippen molar-refractivity contribution in [1.82, 2.24) is 20.5 Å². The molecular weight excluding hydrogens is 436 g/mol. The van der Waals surface area contributed by atoms with Crippen molar-refractivity contribution < 1.29 is 14.2 Å². The van der Waals surface area contributed by atoms with Gasteiger partial charge in [0.05, 0.1) is 13.2 Å². The normalized spacial score (nSPS) is 18.0. The van der Waals surface area contributed by atoms with Gasteiger partial charge in [0.1, 0.15) is 6.04 Å². The maximum absolute atomic E-state index is 13.5. The van der Waals surface area contributed by atoms with E-state index < -0.39 is 0 Å². The summed E-state index contributed by atoms with van der Waals surface area (Å²) < 4.78 is 5.60. The summed E-state index contributed by atoms with van der Waals surface area (Å²) in [6.45, 7) is 0.487. The van der Waals surface area contributed by atoms with Gasteiger partial charge in [-0.05, 0) is 41.1 Å². The van der Waals surface area contributed by atoms with Gasteiger partial charge in [-0.2, -0.15) is 10.5 Å². The van der Waals surface area contributed by atoms with Crippen molar-refractivity contribution in [3.63, 3.8) is 0 Å². The van der Waals surface area contributed by atoms with Gasteiger partial charge < -0.3 is 14.3 Å². The van der Waals surface area contributed by atoms with E-state index in [0.29, 0.717) is 36.7 Å². The van der Waals surface area contributed by atoms with Crippen molar-refractivity contribution in [3.05, 3.63) is 94.3 Å². The molecule has 1 fully saturated rings. The second-order valence-corrected chi connectivity index (χ2v) is 9.01. The summed E-state index contributed by atoms with van der Waals surface area (Å²) in [5.74, 6) is 1.00. The lowest BCUT2D eigenvalue weighted by Crippen LogP contribution is -2.35. The number of hydrogen-bond donors (Lipinski definition) is 1. The van der Waals surface area contributed by atoms with Crippen molar-refractivity contribution in [1.29, 1.82) is 0 Å². The van der Waals surface area contributed by atoms with Crippen LogP contribution in [0.1, 0.15) is 39.4 Å². The number of nitrogens with one attached hydrogen (secondary N) is 1. The number of rotatable bonds is 7. The van der Waals surface area contributed by atoms with Gasteiger partial charge in [0, 0.05) is 23.4 Å². The first-order chi connectivity index (χ1) is 16.2. The van der Waals surface area contributed by atoms with Gasteiger partial charge in [-0.25, -0.2) is 0 Å². The summed E-state index contributed by atoms with van der Waals surface area (Å²) in [5, 5.41) is 6.17. The standard InChI is InChI=1S/C25H24N4O3S/c1-31-27-20-14-22(24-26-23(28-32-24)15-21-8-5-13-33-21)29(16-20)25(30)19-11-9-18(10-12-19)17-6-3-2-4-7-17/h2-13,20,22,27H,14-16H2,1H3/t20?,22-/m0/s1. The molecule has 0 bridgehead atoms. The van der Waals surface area contributed by atoms with Crippen LogP contribution in [-0.2, 0) is 11.3 Å². The molecule has 5 rings (SSSR count). The average Bonchev–Trinajstić information content (AvgIpc) is 3.61. The van der Waals surface area contributed by atoms with Gasteiger partial charge in [0.2, 0.25) is 5.89 Å². The van der Waals surface area contributed by atoms with E-state index in [1.165, 1.54) is 4.88 Å². The molecule has 1 N–H and O–H groups in total. The third-order valence-electron chi connectivity index (χ3n) is 5.77. The number of hydroxylamine groups is 1. The van der Waals surface area contributed by atoms with Crippen LogP contribution in [-0.4, -0.2) is 40.6 Å². The molecular formula is C25H24N4O3S. The summed E-state index contributed by atoms with van der Waals surface area (Å²) in [7, 11) is 1.58. The predicted octanol–water partition coefficient (Wildman–Crippen LogP) is 4.50. The molecule has 0 spiro atoms. The average molecular weight is 461 g/mol. The Balaban J connectivity index is 1.36. The minimum Gasteiger partial charge on any atom is -0.337 e. The third kappa shape index (κ3) is 4.73. The van der Waals surface area contributed by atoms with E-state index in [9.17, 15) is 4.79 Å². The minimum atomic E-state index is -0.316. The molecule has 1 saturated heterocycles. The lowest BCUT2D eigenvalue weighted by atomic mass is 10.0. The minimum absolute atomic E-state index is 0.0276. The molecule has 2 atom stereocenters. The zero-order chi connectivity index (χ0) is 22.6. The van der Waals surface area contributed by atoms with E-state index in [0.717, 1.165) is 11.1 Å². The molecule has 33 heavy (non-hydrogen) atoms. The molecule has 168 valence electrons. The van der Waals surface area contributed by atoms with Crippen molar-refractivity contribution in [2.75, 3.05) is 13.7 Å². The maximum Gasteiger partial charge on any atom is 0.254 e. The monoisotopic (exact) mass is 460 g/mol. The van der Waals surface area contributed by atoms with E-state index in [1.807, 2.05) is 60.0 Å². The summed E-state index contributed by atoms with van der Waals surface area (Å²) in [6.07, 6.45) is 1.24. The Morgan fingerprint density at radius 3 is 2.64 bits per heavy atom. The second kappa shape index (κ2) is 9.66. The van der Waals surface area contributed by atoms with E-state index in [4.69, 9.17) is 9.36 Å². The molecule has 7 nitrogen and oxygen atoms in total. The fourth-order valence-corrected chi connectivity index (χ4v) is 4.89. The molecule has 0 aliphatic carbocycles. The first kappa shape index (κ1) is 21.5. The van der Waals surface area contributed by atoms with Crippen LogP contribution in [0.5, 0.6) is 0 Å². The molecule has 4 aromatic rings. The molecule has 3 heterocycles. The Morgan fingerprint density at radius 2 is 1.91 bits per heavy atom. The van der Waals surface area contributed by atoms with E-state index in [-0.39, 0.29) is 18.0 Å². The number of carbonyl (C=O) groups is 1. The Morgan fingerprint density at radius 1 is 1.12 bits per heavy atom. The van der Waals surface area contributed by atoms with Gasteiger partial charge in [0.25, 0.3) is 5.91 Å². The number of carbonyl (C=O) groups excluding carboxylic acids is 1. The Labute approximate surface area is 196 Å². The zero-order valence-corrected chi connectivity index (χ0v) is 19.0. The Hall–Kier alpha value is -3.33. The van der Waals surface area contributed by atoms with Crippen LogP contribution in [0.4, 0.5) is 0 Å². The number of thiophene rings is 1. The lowest BCUT2D eigenvalue weighted by Gasteiger charge is -2.22. The largest absolute Gasteiger partial charge is 0.337 e. The summed E-state index contributed by atoms with van der Waals surface area (Å²) in [4.78, 5) is 26.2. The smallest absolute Gasteiger partial charge is 0.254 e. The first-order valence-electron chi connectivity index (χ1n) is 10.8. The zero-order valence-electron chi connectivity index (χ0n) is 18.2. The molecule has 8 heteroatoms. The molecule has 1 aliphatic rings. The number of amides is 1. The van der Waals surface area contributed by atoms with Gasteiger partial charge in [0.15, 0.2) is 5.82 Å². The van der Waals surface area contributed by atoms with Crippen LogP contribution < -0.4 is 5.48 Å². The quantitative estimate of drug-likeness (QED) is 0.409. The second-order valence-electron chi connectivity index (χ2n) is 7.98. The van der Waals surface area contributed by atoms with Crippen LogP contribution in [0.15, 0.2) is 76.6 Å². The molecule has 1 amide bonds. The van der Waals surface area contributed by atoms with Gasteiger partial charge >= 0.3 is 0 Å². The Bertz CT molecular complexity index is 1190. The van der Waals surface area contributed by atoms with E-state index >= 15 is 0 Å². The van der Waals surface area contributed by atoms with E-state index in [2.05, 4.69) is 27.8 Å². The van der Waals surface area contributed by atoms with Crippen LogP contribution in [0, 0.1) is 0 Å². The van der Waals surface area contributed by atoms with E-state index in [1.54, 1.807) is 23.3 Å². The van der Waals surface area contributed by atoms with Crippen molar-refractivity contribution in [2.24, 2.45) is 0 Å². The van der Waals surface area contributed by atoms with Gasteiger partial charge in [-0.3, -0.25) is 4.79 Å². The maximum atomic E-state index is 13.5. The molecule has 0 saturated carbocycles. The first-order valence-corrected chi connectivity index (χ1v) is 11.7. The van der Waals surface area contributed by atoms with Crippen LogP contribution in [0.2, 0.25) is 0 Å². The fraction of sp³-hybridized carbons (Fsp3) is 0.240. The molecule has 1 aliphatic heterocycles. The summed E-state index contributed by atoms with van der Waals surface area (Å²) in [5.41, 5.74) is 5.78. The summed E-state index contributed by atoms with van der Waals surface area (Å²) in [6, 6.07) is 21.5. The van der Waals surface area contributed by atoms with Gasteiger partial charge in [-0.1, -0.05) is 53.7 Å². The number of aromatic nitrogens is 2. The van der Waals surface area contributed by atoms with Crippen molar-refractivity contribution >= 4 is 17.2 Å². The number of nitrogens with zero attached hydrogens (tertiary/aromatic N) is 3. The van der Waals surface area contributed by atoms with Crippen molar-refractivity contribution in [3.8, 4) is 11.1 Å². The number of benzene rings is 2. The van der Waals surface area contributed by atoms with Crippen molar-refractivity contribution in [2.45, 2.75) is 24.9 Å². The van der Waals surface area contributed by atoms with Crippen LogP contribution in [0.25, 0.3) is 11.1 Å². The predicted molar refractivity (Wildman–Crippen MR) is 126 cm³/mol.